The summed E-state index contributed by atoms with van der Waals surface area (Å²) in [5, 5.41) is -0.526. The molecule has 0 unspecified atom stereocenters. The molecular formula is C18H27ClN4O6S. The van der Waals surface area contributed by atoms with Gasteiger partial charge in [0.2, 0.25) is 6.41 Å². The molecule has 1 amide bonds. The lowest BCUT2D eigenvalue weighted by Gasteiger charge is -2.22. The van der Waals surface area contributed by atoms with Crippen molar-refractivity contribution in [3.8, 4) is 0 Å². The number of allylic oxidation sites excluding steroid dienone is 1. The molecule has 0 saturated carbocycles. The van der Waals surface area contributed by atoms with Crippen LogP contribution in [0.3, 0.4) is 0 Å². The Hall–Kier alpha value is -2.53. The van der Waals surface area contributed by atoms with Gasteiger partial charge in [-0.15, -0.1) is 12.4 Å². The Morgan fingerprint density at radius 3 is 2.47 bits per heavy atom. The predicted octanol–water partition coefficient (Wildman–Crippen LogP) is 3.43. The molecular weight excluding hydrogens is 436 g/mol. The first-order chi connectivity index (χ1) is 13.8. The Labute approximate surface area is 185 Å². The summed E-state index contributed by atoms with van der Waals surface area (Å²) >= 11 is 0.827. The second-order valence-electron chi connectivity index (χ2n) is 5.64. The molecule has 12 heteroatoms. The van der Waals surface area contributed by atoms with E-state index >= 15 is 0 Å². The van der Waals surface area contributed by atoms with E-state index in [1.54, 1.807) is 33.9 Å². The van der Waals surface area contributed by atoms with Gasteiger partial charge in [0.05, 0.1) is 26.4 Å². The van der Waals surface area contributed by atoms with Crippen molar-refractivity contribution in [2.24, 2.45) is 0 Å². The van der Waals surface area contributed by atoms with Crippen LogP contribution < -0.4 is 5.73 Å². The number of nitrogen functional groups attached to an aromatic ring is 1. The highest BCUT2D eigenvalue weighted by Crippen LogP contribution is 2.28. The summed E-state index contributed by atoms with van der Waals surface area (Å²) in [5.41, 5.74) is 6.95. The van der Waals surface area contributed by atoms with Crippen LogP contribution in [0.1, 0.15) is 38.6 Å². The van der Waals surface area contributed by atoms with Crippen molar-refractivity contribution in [2.45, 2.75) is 40.7 Å². The lowest BCUT2D eigenvalue weighted by molar-refractivity contribution is -0.116. The van der Waals surface area contributed by atoms with Crippen molar-refractivity contribution in [3.05, 3.63) is 28.2 Å². The molecule has 0 bridgehead atoms. The van der Waals surface area contributed by atoms with Crippen molar-refractivity contribution in [3.63, 3.8) is 0 Å². The first-order valence-corrected chi connectivity index (χ1v) is 9.77. The number of aryl methyl sites for hydroxylation is 1. The maximum absolute atomic E-state index is 11.9. The molecule has 1 heterocycles. The van der Waals surface area contributed by atoms with Gasteiger partial charge in [-0.2, -0.15) is 0 Å². The lowest BCUT2D eigenvalue weighted by Crippen LogP contribution is -2.22. The highest BCUT2D eigenvalue weighted by molar-refractivity contribution is 8.16. The Morgan fingerprint density at radius 2 is 1.90 bits per heavy atom. The minimum Gasteiger partial charge on any atom is -0.458 e. The molecule has 0 fully saturated rings. The molecule has 0 aliphatic rings. The van der Waals surface area contributed by atoms with Gasteiger partial charge in [-0.05, 0) is 39.5 Å². The Morgan fingerprint density at radius 1 is 1.23 bits per heavy atom. The summed E-state index contributed by atoms with van der Waals surface area (Å²) in [6.45, 7) is 7.23. The third-order valence-electron chi connectivity index (χ3n) is 3.60. The fourth-order valence-corrected chi connectivity index (χ4v) is 2.98. The van der Waals surface area contributed by atoms with Crippen LogP contribution in [0.15, 0.2) is 16.8 Å². The number of ether oxygens (including phenoxy) is 3. The van der Waals surface area contributed by atoms with Crippen molar-refractivity contribution >= 4 is 47.9 Å². The van der Waals surface area contributed by atoms with Gasteiger partial charge in [-0.3, -0.25) is 4.79 Å². The Kier molecular flexibility index (Phi) is 13.2. The molecule has 0 aromatic carbocycles. The zero-order valence-electron chi connectivity index (χ0n) is 17.4. The van der Waals surface area contributed by atoms with Gasteiger partial charge in [-0.1, -0.05) is 0 Å². The van der Waals surface area contributed by atoms with Gasteiger partial charge in [0, 0.05) is 28.8 Å². The molecule has 0 atom stereocenters. The smallest absolute Gasteiger partial charge is 0.458 e. The standard InChI is InChI=1S/C18H26N4O6S.ClH/c1-5-26-17(24)28-8-7-15(29-18(25)27-6-2)12(3)22(11-23)10-14-9-20-13(4)21-16(14)19;/h9,11H,5-8,10H2,1-4H3,(H2,19,20,21);1H/b15-12-;. The van der Waals surface area contributed by atoms with Gasteiger partial charge in [0.25, 0.3) is 0 Å². The fourth-order valence-electron chi connectivity index (χ4n) is 2.15. The lowest BCUT2D eigenvalue weighted by atomic mass is 10.2. The van der Waals surface area contributed by atoms with E-state index in [2.05, 4.69) is 9.97 Å². The second kappa shape index (κ2) is 14.5. The number of hydrogen-bond donors (Lipinski definition) is 1. The van der Waals surface area contributed by atoms with E-state index in [1.165, 1.54) is 4.90 Å². The Bertz CT molecular complexity index is 762. The van der Waals surface area contributed by atoms with Crippen LogP contribution >= 0.6 is 24.2 Å². The Balaban J connectivity index is 0.00000841. The summed E-state index contributed by atoms with van der Waals surface area (Å²) in [7, 11) is 0. The van der Waals surface area contributed by atoms with Crippen LogP contribution in [0.5, 0.6) is 0 Å². The fraction of sp³-hybridized carbons (Fsp3) is 0.500. The molecule has 10 nitrogen and oxygen atoms in total. The van der Waals surface area contributed by atoms with E-state index < -0.39 is 11.5 Å². The number of carbonyl (C=O) groups is 3. The topological polar surface area (TPSA) is 134 Å². The van der Waals surface area contributed by atoms with Crippen LogP contribution in [0.4, 0.5) is 15.4 Å². The summed E-state index contributed by atoms with van der Waals surface area (Å²) in [5.74, 6) is 0.785. The number of nitrogens with zero attached hydrogens (tertiary/aromatic N) is 3. The zero-order valence-corrected chi connectivity index (χ0v) is 19.0. The van der Waals surface area contributed by atoms with Gasteiger partial charge in [-0.25, -0.2) is 19.6 Å². The third kappa shape index (κ3) is 9.31. The van der Waals surface area contributed by atoms with Crippen LogP contribution in [-0.2, 0) is 25.5 Å². The average molecular weight is 463 g/mol. The summed E-state index contributed by atoms with van der Waals surface area (Å²) < 4.78 is 14.6. The minimum atomic E-state index is -0.803. The molecule has 1 rings (SSSR count). The molecule has 0 aliphatic carbocycles. The average Bonchev–Trinajstić information content (AvgIpc) is 2.66. The molecule has 2 N–H and O–H groups in total. The number of aromatic nitrogens is 2. The molecule has 1 aromatic heterocycles. The number of rotatable bonds is 10. The van der Waals surface area contributed by atoms with E-state index in [4.69, 9.17) is 19.9 Å². The molecule has 0 spiro atoms. The molecule has 168 valence electrons. The molecule has 1 aromatic rings. The van der Waals surface area contributed by atoms with E-state index in [-0.39, 0.29) is 51.0 Å². The van der Waals surface area contributed by atoms with Crippen molar-refractivity contribution in [2.75, 3.05) is 25.6 Å². The first kappa shape index (κ1) is 27.5. The number of amides is 1. The summed E-state index contributed by atoms with van der Waals surface area (Å²) in [6, 6.07) is 0. The van der Waals surface area contributed by atoms with Gasteiger partial charge in [0.1, 0.15) is 11.6 Å². The highest BCUT2D eigenvalue weighted by atomic mass is 35.5. The van der Waals surface area contributed by atoms with Crippen molar-refractivity contribution in [1.82, 2.24) is 14.9 Å². The quantitative estimate of drug-likeness (QED) is 0.407. The largest absolute Gasteiger partial charge is 0.508 e. The predicted molar refractivity (Wildman–Crippen MR) is 115 cm³/mol. The van der Waals surface area contributed by atoms with Gasteiger partial charge < -0.3 is 24.8 Å². The zero-order chi connectivity index (χ0) is 21.8. The van der Waals surface area contributed by atoms with Crippen LogP contribution in [0.2, 0.25) is 0 Å². The van der Waals surface area contributed by atoms with E-state index in [9.17, 15) is 14.4 Å². The molecule has 0 radical (unpaired) electrons. The van der Waals surface area contributed by atoms with E-state index in [1.807, 2.05) is 0 Å². The first-order valence-electron chi connectivity index (χ1n) is 8.96. The summed E-state index contributed by atoms with van der Waals surface area (Å²) in [6.07, 6.45) is 1.55. The van der Waals surface area contributed by atoms with Crippen LogP contribution in [0.25, 0.3) is 0 Å². The molecule has 0 saturated heterocycles. The summed E-state index contributed by atoms with van der Waals surface area (Å²) in [4.78, 5) is 45.0. The molecule has 0 aliphatic heterocycles. The van der Waals surface area contributed by atoms with Crippen molar-refractivity contribution < 1.29 is 28.6 Å². The number of nitrogens with two attached hydrogens (primary N) is 1. The number of anilines is 1. The number of halogens is 1. The highest BCUT2D eigenvalue weighted by Gasteiger charge is 2.18. The normalized spacial score (nSPS) is 10.9. The van der Waals surface area contributed by atoms with E-state index in [0.717, 1.165) is 11.8 Å². The maximum Gasteiger partial charge on any atom is 0.508 e. The minimum absolute atomic E-state index is 0. The third-order valence-corrected chi connectivity index (χ3v) is 4.63. The second-order valence-corrected chi connectivity index (χ2v) is 6.67. The number of hydrogen-bond acceptors (Lipinski definition) is 10. The van der Waals surface area contributed by atoms with Crippen LogP contribution in [-0.4, -0.2) is 52.6 Å². The van der Waals surface area contributed by atoms with Gasteiger partial charge in [0.15, 0.2) is 0 Å². The van der Waals surface area contributed by atoms with Crippen molar-refractivity contribution in [1.29, 1.82) is 0 Å². The van der Waals surface area contributed by atoms with E-state index in [0.29, 0.717) is 28.4 Å². The monoisotopic (exact) mass is 462 g/mol. The molecule has 30 heavy (non-hydrogen) atoms. The SMILES string of the molecule is CCOC(=O)OCC/C(SC(=O)OCC)=C(\C)N(C=O)Cc1cnc(C)nc1N.Cl. The van der Waals surface area contributed by atoms with Gasteiger partial charge >= 0.3 is 11.5 Å². The number of carbonyl (C=O) groups excluding carboxylic acids is 3. The maximum atomic E-state index is 11.9. The van der Waals surface area contributed by atoms with Crippen LogP contribution in [0, 0.1) is 6.92 Å². The number of thioether (sulfide) groups is 1.